The molecule has 0 aliphatic heterocycles. The Hall–Kier alpha value is -0.870. The Bertz CT molecular complexity index is 320. The third-order valence-electron chi connectivity index (χ3n) is 2.70. The summed E-state index contributed by atoms with van der Waals surface area (Å²) >= 11 is 0. The van der Waals surface area contributed by atoms with Crippen LogP contribution in [0.3, 0.4) is 0 Å². The van der Waals surface area contributed by atoms with E-state index in [1.807, 2.05) is 13.1 Å². The van der Waals surface area contributed by atoms with Crippen molar-refractivity contribution in [3.8, 4) is 0 Å². The van der Waals surface area contributed by atoms with Crippen molar-refractivity contribution in [2.75, 3.05) is 13.2 Å². The van der Waals surface area contributed by atoms with Crippen LogP contribution in [0.15, 0.2) is 6.20 Å². The van der Waals surface area contributed by atoms with E-state index in [-0.39, 0.29) is 0 Å². The largest absolute Gasteiger partial charge is 0.382 e. The van der Waals surface area contributed by atoms with Gasteiger partial charge in [0.1, 0.15) is 5.82 Å². The van der Waals surface area contributed by atoms with Gasteiger partial charge >= 0.3 is 0 Å². The Kier molecular flexibility index (Phi) is 6.22. The van der Waals surface area contributed by atoms with Crippen molar-refractivity contribution in [3.05, 3.63) is 17.7 Å². The minimum atomic E-state index is 0.502. The third-order valence-corrected chi connectivity index (χ3v) is 2.70. The number of hydrogen-bond donors (Lipinski definition) is 1. The highest BCUT2D eigenvalue weighted by Crippen LogP contribution is 2.06. The normalized spacial score (nSPS) is 11.4. The Balaban J connectivity index is 2.47. The van der Waals surface area contributed by atoms with Crippen molar-refractivity contribution >= 4 is 0 Å². The van der Waals surface area contributed by atoms with Crippen molar-refractivity contribution in [1.82, 2.24) is 14.9 Å². The van der Waals surface area contributed by atoms with Gasteiger partial charge in [-0.05, 0) is 20.3 Å². The lowest BCUT2D eigenvalue weighted by Gasteiger charge is -2.12. The lowest BCUT2D eigenvalue weighted by atomic mass is 10.3. The first-order chi connectivity index (χ1) is 8.15. The lowest BCUT2D eigenvalue weighted by molar-refractivity contribution is 0.141. The van der Waals surface area contributed by atoms with E-state index >= 15 is 0 Å². The van der Waals surface area contributed by atoms with E-state index in [1.54, 1.807) is 0 Å². The summed E-state index contributed by atoms with van der Waals surface area (Å²) in [7, 11) is 0. The van der Waals surface area contributed by atoms with Crippen molar-refractivity contribution in [3.63, 3.8) is 0 Å². The molecule has 1 aromatic rings. The molecule has 4 heteroatoms. The van der Waals surface area contributed by atoms with Gasteiger partial charge in [-0.2, -0.15) is 0 Å². The van der Waals surface area contributed by atoms with E-state index in [4.69, 9.17) is 4.74 Å². The van der Waals surface area contributed by atoms with Gasteiger partial charge in [0.05, 0.1) is 5.69 Å². The monoisotopic (exact) mass is 239 g/mol. The molecule has 4 nitrogen and oxygen atoms in total. The second-order valence-electron chi connectivity index (χ2n) is 4.53. The molecule has 1 heterocycles. The summed E-state index contributed by atoms with van der Waals surface area (Å²) in [5.74, 6) is 1.09. The van der Waals surface area contributed by atoms with E-state index in [0.29, 0.717) is 6.04 Å². The number of aromatic nitrogens is 2. The van der Waals surface area contributed by atoms with E-state index in [2.05, 4.69) is 35.6 Å². The SMILES string of the molecule is CCOCCCn1c(CNC(C)C)cnc1C. The summed E-state index contributed by atoms with van der Waals surface area (Å²) in [6.45, 7) is 11.9. The number of imidazole rings is 1. The molecule has 0 unspecified atom stereocenters. The van der Waals surface area contributed by atoms with E-state index < -0.39 is 0 Å². The summed E-state index contributed by atoms with van der Waals surface area (Å²) in [5, 5.41) is 3.42. The highest BCUT2D eigenvalue weighted by molar-refractivity contribution is 5.04. The summed E-state index contributed by atoms with van der Waals surface area (Å²) in [4.78, 5) is 4.38. The molecule has 0 aromatic carbocycles. The average Bonchev–Trinajstić information content (AvgIpc) is 2.63. The zero-order chi connectivity index (χ0) is 12.7. The first kappa shape index (κ1) is 14.2. The van der Waals surface area contributed by atoms with Gasteiger partial charge < -0.3 is 14.6 Å². The fourth-order valence-corrected chi connectivity index (χ4v) is 1.74. The maximum atomic E-state index is 5.36. The first-order valence-corrected chi connectivity index (χ1v) is 6.47. The van der Waals surface area contributed by atoms with Crippen LogP contribution in [0.1, 0.15) is 38.7 Å². The smallest absolute Gasteiger partial charge is 0.105 e. The van der Waals surface area contributed by atoms with Gasteiger partial charge in [0, 0.05) is 38.5 Å². The van der Waals surface area contributed by atoms with Crippen LogP contribution in [0.4, 0.5) is 0 Å². The van der Waals surface area contributed by atoms with Crippen molar-refractivity contribution in [1.29, 1.82) is 0 Å². The van der Waals surface area contributed by atoms with Crippen LogP contribution >= 0.6 is 0 Å². The number of nitrogens with one attached hydrogen (secondary N) is 1. The number of ether oxygens (including phenoxy) is 1. The molecule has 0 radical (unpaired) electrons. The Labute approximate surface area is 104 Å². The van der Waals surface area contributed by atoms with Gasteiger partial charge in [-0.3, -0.25) is 0 Å². The highest BCUT2D eigenvalue weighted by atomic mass is 16.5. The maximum absolute atomic E-state index is 5.36. The minimum absolute atomic E-state index is 0.502. The number of nitrogens with zero attached hydrogens (tertiary/aromatic N) is 2. The minimum Gasteiger partial charge on any atom is -0.382 e. The fourth-order valence-electron chi connectivity index (χ4n) is 1.74. The Morgan fingerprint density at radius 1 is 1.47 bits per heavy atom. The van der Waals surface area contributed by atoms with Crippen LogP contribution in [0.25, 0.3) is 0 Å². The first-order valence-electron chi connectivity index (χ1n) is 6.47. The summed E-state index contributed by atoms with van der Waals surface area (Å²) in [6.07, 6.45) is 3.01. The topological polar surface area (TPSA) is 39.1 Å². The van der Waals surface area contributed by atoms with E-state index in [1.165, 1.54) is 5.69 Å². The van der Waals surface area contributed by atoms with Crippen molar-refractivity contribution < 1.29 is 4.74 Å². The molecule has 0 fully saturated rings. The standard InChI is InChI=1S/C13H25N3O/c1-5-17-8-6-7-16-12(4)15-10-13(16)9-14-11(2)3/h10-11,14H,5-9H2,1-4H3. The molecule has 17 heavy (non-hydrogen) atoms. The molecule has 0 saturated heterocycles. The highest BCUT2D eigenvalue weighted by Gasteiger charge is 2.06. The summed E-state index contributed by atoms with van der Waals surface area (Å²) in [6, 6.07) is 0.502. The number of aryl methyl sites for hydroxylation is 1. The molecule has 1 aromatic heterocycles. The van der Waals surface area contributed by atoms with Gasteiger partial charge in [0.15, 0.2) is 0 Å². The molecular weight excluding hydrogens is 214 g/mol. The molecule has 0 amide bonds. The fraction of sp³-hybridized carbons (Fsp3) is 0.769. The molecule has 0 atom stereocenters. The number of rotatable bonds is 8. The van der Waals surface area contributed by atoms with Gasteiger partial charge in [-0.15, -0.1) is 0 Å². The summed E-state index contributed by atoms with van der Waals surface area (Å²) in [5.41, 5.74) is 1.26. The molecule has 1 rings (SSSR count). The van der Waals surface area contributed by atoms with Gasteiger partial charge in [-0.25, -0.2) is 4.98 Å². The Morgan fingerprint density at radius 3 is 2.88 bits per heavy atom. The van der Waals surface area contributed by atoms with Crippen LogP contribution in [-0.4, -0.2) is 28.8 Å². The van der Waals surface area contributed by atoms with E-state index in [9.17, 15) is 0 Å². The van der Waals surface area contributed by atoms with Gasteiger partial charge in [-0.1, -0.05) is 13.8 Å². The maximum Gasteiger partial charge on any atom is 0.105 e. The molecular formula is C13H25N3O. The molecule has 0 aliphatic carbocycles. The molecule has 98 valence electrons. The second-order valence-corrected chi connectivity index (χ2v) is 4.53. The van der Waals surface area contributed by atoms with Crippen molar-refractivity contribution in [2.24, 2.45) is 0 Å². The predicted molar refractivity (Wildman–Crippen MR) is 70.0 cm³/mol. The quantitative estimate of drug-likeness (QED) is 0.706. The third kappa shape index (κ3) is 4.88. The zero-order valence-electron chi connectivity index (χ0n) is 11.5. The van der Waals surface area contributed by atoms with Crippen LogP contribution in [0, 0.1) is 6.92 Å². The predicted octanol–water partition coefficient (Wildman–Crippen LogP) is 2.12. The molecule has 0 saturated carbocycles. The van der Waals surface area contributed by atoms with E-state index in [0.717, 1.165) is 38.5 Å². The average molecular weight is 239 g/mol. The Morgan fingerprint density at radius 2 is 2.24 bits per heavy atom. The van der Waals surface area contributed by atoms with Gasteiger partial charge in [0.2, 0.25) is 0 Å². The van der Waals surface area contributed by atoms with Gasteiger partial charge in [0.25, 0.3) is 0 Å². The summed E-state index contributed by atoms with van der Waals surface area (Å²) < 4.78 is 7.63. The van der Waals surface area contributed by atoms with Crippen molar-refractivity contribution in [2.45, 2.75) is 53.2 Å². The lowest BCUT2D eigenvalue weighted by Crippen LogP contribution is -2.23. The zero-order valence-corrected chi connectivity index (χ0v) is 11.5. The molecule has 0 spiro atoms. The second kappa shape index (κ2) is 7.45. The number of hydrogen-bond acceptors (Lipinski definition) is 3. The van der Waals surface area contributed by atoms with Crippen LogP contribution in [0.5, 0.6) is 0 Å². The molecule has 0 aliphatic rings. The van der Waals surface area contributed by atoms with Crippen LogP contribution in [0.2, 0.25) is 0 Å². The van der Waals surface area contributed by atoms with Crippen LogP contribution in [-0.2, 0) is 17.8 Å². The molecule has 0 bridgehead atoms. The van der Waals surface area contributed by atoms with Crippen LogP contribution < -0.4 is 5.32 Å². The molecule has 1 N–H and O–H groups in total.